The number of amides is 1. The van der Waals surface area contributed by atoms with Crippen molar-refractivity contribution in [1.29, 1.82) is 0 Å². The van der Waals surface area contributed by atoms with E-state index in [0.29, 0.717) is 6.42 Å². The van der Waals surface area contributed by atoms with Crippen molar-refractivity contribution in [2.24, 2.45) is 7.05 Å². The smallest absolute Gasteiger partial charge is 0.325 e. The second-order valence-electron chi connectivity index (χ2n) is 3.65. The van der Waals surface area contributed by atoms with Gasteiger partial charge in [-0.15, -0.1) is 0 Å². The van der Waals surface area contributed by atoms with Gasteiger partial charge >= 0.3 is 5.97 Å². The van der Waals surface area contributed by atoms with E-state index in [1.807, 2.05) is 6.20 Å². The molecular weight excluding hydrogens is 210 g/mol. The third-order valence-corrected chi connectivity index (χ3v) is 2.15. The lowest BCUT2D eigenvalue weighted by Crippen LogP contribution is -2.38. The fourth-order valence-corrected chi connectivity index (χ4v) is 1.23. The van der Waals surface area contributed by atoms with Crippen molar-refractivity contribution in [3.05, 3.63) is 18.0 Å². The summed E-state index contributed by atoms with van der Waals surface area (Å²) >= 11 is 0. The second kappa shape index (κ2) is 5.29. The molecule has 6 nitrogen and oxygen atoms in total. The van der Waals surface area contributed by atoms with E-state index in [1.54, 1.807) is 17.9 Å². The number of aryl methyl sites for hydroxylation is 2. The molecule has 1 aromatic heterocycles. The molecule has 6 heteroatoms. The topological polar surface area (TPSA) is 84.2 Å². The molecule has 1 amide bonds. The Hall–Kier alpha value is -1.85. The van der Waals surface area contributed by atoms with E-state index < -0.39 is 12.0 Å². The van der Waals surface area contributed by atoms with Crippen molar-refractivity contribution in [2.45, 2.75) is 25.8 Å². The van der Waals surface area contributed by atoms with Crippen molar-refractivity contribution in [3.8, 4) is 0 Å². The molecule has 0 aromatic carbocycles. The molecule has 1 atom stereocenters. The van der Waals surface area contributed by atoms with E-state index in [9.17, 15) is 9.59 Å². The fraction of sp³-hybridized carbons (Fsp3) is 0.500. The van der Waals surface area contributed by atoms with E-state index in [1.165, 1.54) is 6.92 Å². The van der Waals surface area contributed by atoms with Crippen molar-refractivity contribution in [1.82, 2.24) is 15.1 Å². The van der Waals surface area contributed by atoms with Gasteiger partial charge < -0.3 is 10.4 Å². The summed E-state index contributed by atoms with van der Waals surface area (Å²) in [4.78, 5) is 21.8. The summed E-state index contributed by atoms with van der Waals surface area (Å²) in [6, 6.07) is -0.846. The van der Waals surface area contributed by atoms with Crippen molar-refractivity contribution in [3.63, 3.8) is 0 Å². The van der Waals surface area contributed by atoms with Gasteiger partial charge in [-0.2, -0.15) is 5.10 Å². The number of carboxylic acids is 1. The lowest BCUT2D eigenvalue weighted by atomic mass is 10.2. The molecule has 1 aromatic rings. The Labute approximate surface area is 93.3 Å². The van der Waals surface area contributed by atoms with Crippen LogP contribution in [0.5, 0.6) is 0 Å². The maximum absolute atomic E-state index is 11.3. The Morgan fingerprint density at radius 2 is 2.31 bits per heavy atom. The molecule has 0 spiro atoms. The highest BCUT2D eigenvalue weighted by atomic mass is 16.4. The molecule has 0 unspecified atom stereocenters. The first kappa shape index (κ1) is 12.2. The lowest BCUT2D eigenvalue weighted by Gasteiger charge is -2.08. The molecule has 1 rings (SSSR count). The molecule has 1 heterocycles. The average Bonchev–Trinajstić information content (AvgIpc) is 2.61. The van der Waals surface area contributed by atoms with Crippen LogP contribution in [0.1, 0.15) is 18.9 Å². The molecule has 0 saturated carbocycles. The number of nitrogens with zero attached hydrogens (tertiary/aromatic N) is 2. The monoisotopic (exact) mass is 225 g/mol. The molecule has 0 aliphatic heterocycles. The van der Waals surface area contributed by atoms with Gasteiger partial charge in [0.05, 0.1) is 6.20 Å². The first-order valence-electron chi connectivity index (χ1n) is 4.98. The Balaban J connectivity index is 2.33. The van der Waals surface area contributed by atoms with Gasteiger partial charge in [-0.3, -0.25) is 14.3 Å². The number of carbonyl (C=O) groups is 2. The predicted molar refractivity (Wildman–Crippen MR) is 56.8 cm³/mol. The number of hydrogen-bond acceptors (Lipinski definition) is 3. The minimum absolute atomic E-state index is 0.265. The van der Waals surface area contributed by atoms with Gasteiger partial charge in [0, 0.05) is 19.7 Å². The molecule has 0 fully saturated rings. The molecule has 0 aliphatic rings. The van der Waals surface area contributed by atoms with Crippen LogP contribution in [0.2, 0.25) is 0 Å². The first-order valence-corrected chi connectivity index (χ1v) is 4.98. The maximum Gasteiger partial charge on any atom is 0.325 e. The van der Waals surface area contributed by atoms with Crippen LogP contribution >= 0.6 is 0 Å². The molecule has 2 N–H and O–H groups in total. The highest BCUT2D eigenvalue weighted by molar-refractivity contribution is 5.83. The lowest BCUT2D eigenvalue weighted by molar-refractivity contribution is -0.141. The molecule has 88 valence electrons. The molecule has 16 heavy (non-hydrogen) atoms. The molecular formula is C10H15N3O3. The quantitative estimate of drug-likeness (QED) is 0.735. The van der Waals surface area contributed by atoms with Crippen LogP contribution in [0.15, 0.2) is 12.4 Å². The molecule has 0 aliphatic carbocycles. The number of nitrogens with one attached hydrogen (secondary N) is 1. The largest absolute Gasteiger partial charge is 0.480 e. The van der Waals surface area contributed by atoms with Gasteiger partial charge in [0.15, 0.2) is 0 Å². The zero-order valence-electron chi connectivity index (χ0n) is 9.30. The van der Waals surface area contributed by atoms with E-state index in [4.69, 9.17) is 5.11 Å². The summed E-state index contributed by atoms with van der Waals surface area (Å²) in [7, 11) is 1.80. The highest BCUT2D eigenvalue weighted by Gasteiger charge is 2.13. The normalized spacial score (nSPS) is 12.1. The average molecular weight is 225 g/mol. The number of carbonyl (C=O) groups excluding carboxylic acids is 1. The van der Waals surface area contributed by atoms with Crippen LogP contribution in [0.3, 0.4) is 0 Å². The molecule has 0 radical (unpaired) electrons. The Kier molecular flexibility index (Phi) is 4.04. The summed E-state index contributed by atoms with van der Waals surface area (Å²) in [6.45, 7) is 1.43. The van der Waals surface area contributed by atoms with Gasteiger partial charge in [-0.25, -0.2) is 0 Å². The van der Waals surface area contributed by atoms with E-state index >= 15 is 0 Å². The first-order chi connectivity index (χ1) is 7.49. The van der Waals surface area contributed by atoms with Crippen LogP contribution < -0.4 is 5.32 Å². The minimum Gasteiger partial charge on any atom is -0.480 e. The number of aliphatic carboxylic acids is 1. The summed E-state index contributed by atoms with van der Waals surface area (Å²) in [5.41, 5.74) is 0.959. The van der Waals surface area contributed by atoms with Crippen molar-refractivity contribution in [2.75, 3.05) is 0 Å². The summed E-state index contributed by atoms with van der Waals surface area (Å²) in [5, 5.41) is 15.0. The number of aromatic nitrogens is 2. The molecule has 0 bridgehead atoms. The van der Waals surface area contributed by atoms with Crippen molar-refractivity contribution < 1.29 is 14.7 Å². The Bertz CT molecular complexity index is 386. The van der Waals surface area contributed by atoms with Crippen molar-refractivity contribution >= 4 is 11.9 Å². The van der Waals surface area contributed by atoms with E-state index in [-0.39, 0.29) is 12.3 Å². The zero-order chi connectivity index (χ0) is 12.1. The maximum atomic E-state index is 11.3. The molecule has 0 saturated heterocycles. The van der Waals surface area contributed by atoms with Gasteiger partial charge in [-0.1, -0.05) is 0 Å². The summed E-state index contributed by atoms with van der Waals surface area (Å²) in [6.07, 6.45) is 4.34. The number of carboxylic acid groups (broad SMARTS) is 1. The van der Waals surface area contributed by atoms with Crippen LogP contribution in [-0.4, -0.2) is 32.8 Å². The van der Waals surface area contributed by atoms with Gasteiger partial charge in [0.25, 0.3) is 0 Å². The van der Waals surface area contributed by atoms with Gasteiger partial charge in [-0.05, 0) is 18.9 Å². The van der Waals surface area contributed by atoms with Crippen LogP contribution in [0, 0.1) is 0 Å². The summed E-state index contributed by atoms with van der Waals surface area (Å²) < 4.78 is 1.66. The fourth-order valence-electron chi connectivity index (χ4n) is 1.23. The highest BCUT2D eigenvalue weighted by Crippen LogP contribution is 2.00. The van der Waals surface area contributed by atoms with Crippen LogP contribution in [0.4, 0.5) is 0 Å². The van der Waals surface area contributed by atoms with Gasteiger partial charge in [0.2, 0.25) is 5.91 Å². The number of rotatable bonds is 5. The predicted octanol–water partition coefficient (Wildman–Crippen LogP) is -0.0580. The van der Waals surface area contributed by atoms with Crippen LogP contribution in [-0.2, 0) is 23.1 Å². The third-order valence-electron chi connectivity index (χ3n) is 2.15. The minimum atomic E-state index is -1.03. The zero-order valence-corrected chi connectivity index (χ0v) is 9.30. The Morgan fingerprint density at radius 3 is 2.81 bits per heavy atom. The standard InChI is InChI=1S/C10H15N3O3/c1-7(10(15)16)12-9(14)4-3-8-5-11-13(2)6-8/h5-7H,3-4H2,1-2H3,(H,12,14)(H,15,16)/t7-/m1/s1. The Morgan fingerprint density at radius 1 is 1.62 bits per heavy atom. The SMILES string of the molecule is C[C@@H](NC(=O)CCc1cnn(C)c1)C(=O)O. The third kappa shape index (κ3) is 3.72. The van der Waals surface area contributed by atoms with Gasteiger partial charge in [0.1, 0.15) is 6.04 Å². The van der Waals surface area contributed by atoms with Crippen LogP contribution in [0.25, 0.3) is 0 Å². The second-order valence-corrected chi connectivity index (χ2v) is 3.65. The van der Waals surface area contributed by atoms with E-state index in [2.05, 4.69) is 10.4 Å². The number of hydrogen-bond donors (Lipinski definition) is 2. The van der Waals surface area contributed by atoms with E-state index in [0.717, 1.165) is 5.56 Å². The summed E-state index contributed by atoms with van der Waals surface area (Å²) in [5.74, 6) is -1.30.